The van der Waals surface area contributed by atoms with Crippen LogP contribution in [-0.2, 0) is 0 Å². The Hall–Kier alpha value is -2.83. The number of anilines is 1. The van der Waals surface area contributed by atoms with E-state index < -0.39 is 6.04 Å². The Labute approximate surface area is 175 Å². The molecule has 0 saturated heterocycles. The Kier molecular flexibility index (Phi) is 6.56. The van der Waals surface area contributed by atoms with Crippen LogP contribution < -0.4 is 10.6 Å². The number of hydrogen-bond donors (Lipinski definition) is 4. The lowest BCUT2D eigenvalue weighted by Gasteiger charge is -2.16. The molecule has 1 aromatic carbocycles. The molecule has 7 heteroatoms. The number of aliphatic hydroxyl groups excluding tert-OH is 1. The van der Waals surface area contributed by atoms with E-state index in [1.807, 2.05) is 51.1 Å². The van der Waals surface area contributed by atoms with E-state index in [-0.39, 0.29) is 18.6 Å². The fourth-order valence-electron chi connectivity index (χ4n) is 3.07. The molecule has 0 saturated carbocycles. The maximum Gasteiger partial charge on any atom is 0.268 e. The van der Waals surface area contributed by atoms with E-state index in [2.05, 4.69) is 20.6 Å². The van der Waals surface area contributed by atoms with E-state index >= 15 is 0 Å². The second-order valence-corrected chi connectivity index (χ2v) is 7.68. The van der Waals surface area contributed by atoms with Crippen LogP contribution in [0.3, 0.4) is 0 Å². The van der Waals surface area contributed by atoms with Gasteiger partial charge in [-0.2, -0.15) is 0 Å². The molecule has 0 aliphatic rings. The van der Waals surface area contributed by atoms with Crippen LogP contribution in [0.4, 0.5) is 5.82 Å². The Morgan fingerprint density at radius 2 is 2.07 bits per heavy atom. The van der Waals surface area contributed by atoms with Crippen molar-refractivity contribution < 1.29 is 9.90 Å². The number of benzene rings is 1. The first-order valence-electron chi connectivity index (χ1n) is 9.46. The third-order valence-electron chi connectivity index (χ3n) is 4.46. The number of nitrogens with zero attached hydrogens (tertiary/aromatic N) is 1. The van der Waals surface area contributed by atoms with Crippen LogP contribution in [0.25, 0.3) is 11.1 Å². The lowest BCUT2D eigenvalue weighted by Crippen LogP contribution is -2.31. The van der Waals surface area contributed by atoms with Crippen molar-refractivity contribution in [3.8, 4) is 11.1 Å². The van der Waals surface area contributed by atoms with Crippen molar-refractivity contribution in [3.63, 3.8) is 0 Å². The molecule has 29 heavy (non-hydrogen) atoms. The molecular weight excluding hydrogens is 388 g/mol. The molecule has 0 fully saturated rings. The van der Waals surface area contributed by atoms with E-state index in [0.717, 1.165) is 22.3 Å². The molecule has 6 nitrogen and oxygen atoms in total. The largest absolute Gasteiger partial charge is 0.394 e. The third kappa shape index (κ3) is 5.16. The zero-order valence-electron chi connectivity index (χ0n) is 16.7. The number of hydrogen-bond acceptors (Lipinski definition) is 4. The second kappa shape index (κ2) is 9.11. The fraction of sp³-hybridized carbons (Fsp3) is 0.273. The summed E-state index contributed by atoms with van der Waals surface area (Å²) in [4.78, 5) is 20.0. The Morgan fingerprint density at radius 1 is 1.28 bits per heavy atom. The van der Waals surface area contributed by atoms with E-state index in [0.29, 0.717) is 16.5 Å². The number of carbonyl (C=O) groups excluding carboxylic acids is 1. The highest BCUT2D eigenvalue weighted by atomic mass is 35.5. The number of halogens is 1. The van der Waals surface area contributed by atoms with Crippen LogP contribution >= 0.6 is 11.6 Å². The molecule has 0 unspecified atom stereocenters. The number of rotatable bonds is 7. The van der Waals surface area contributed by atoms with Gasteiger partial charge in [-0.15, -0.1) is 0 Å². The van der Waals surface area contributed by atoms with E-state index in [9.17, 15) is 9.90 Å². The highest BCUT2D eigenvalue weighted by Crippen LogP contribution is 2.30. The number of pyridine rings is 1. The Bertz CT molecular complexity index is 1000. The summed E-state index contributed by atoms with van der Waals surface area (Å²) in [5, 5.41) is 16.3. The molecule has 4 N–H and O–H groups in total. The molecule has 0 bridgehead atoms. The minimum Gasteiger partial charge on any atom is -0.394 e. The normalized spacial score (nSPS) is 12.1. The quantitative estimate of drug-likeness (QED) is 0.465. The standard InChI is InChI=1S/C22H25ClN4O2/c1-13(2)26-21-9-17(18(23)11-25-21)16-8-19(24-10-16)22(29)27-20(12-28)15-6-4-5-14(3)7-15/h4-11,13,20,24,28H,12H2,1-3H3,(H,25,26)(H,27,29)/t20-/m1/s1. The maximum atomic E-state index is 12.7. The summed E-state index contributed by atoms with van der Waals surface area (Å²) < 4.78 is 0. The molecular formula is C22H25ClN4O2. The van der Waals surface area contributed by atoms with Gasteiger partial charge in [0, 0.05) is 29.6 Å². The average Bonchev–Trinajstić information content (AvgIpc) is 3.17. The summed E-state index contributed by atoms with van der Waals surface area (Å²) in [6.07, 6.45) is 3.32. The van der Waals surface area contributed by atoms with Crippen LogP contribution in [-0.4, -0.2) is 33.6 Å². The molecule has 3 rings (SSSR count). The van der Waals surface area contributed by atoms with Gasteiger partial charge in [0.15, 0.2) is 0 Å². The van der Waals surface area contributed by atoms with Crippen LogP contribution in [0.5, 0.6) is 0 Å². The van der Waals surface area contributed by atoms with E-state index in [4.69, 9.17) is 11.6 Å². The number of amides is 1. The number of carbonyl (C=O) groups is 1. The molecule has 1 atom stereocenters. The smallest absolute Gasteiger partial charge is 0.268 e. The van der Waals surface area contributed by atoms with Gasteiger partial charge in [0.25, 0.3) is 5.91 Å². The van der Waals surface area contributed by atoms with Crippen LogP contribution in [0, 0.1) is 6.92 Å². The van der Waals surface area contributed by atoms with Gasteiger partial charge >= 0.3 is 0 Å². The Balaban J connectivity index is 1.79. The minimum absolute atomic E-state index is 0.191. The summed E-state index contributed by atoms with van der Waals surface area (Å²) >= 11 is 6.32. The molecule has 0 spiro atoms. The predicted octanol–water partition coefficient (Wildman–Crippen LogP) is 4.32. The minimum atomic E-state index is -0.486. The van der Waals surface area contributed by atoms with Gasteiger partial charge in [0.2, 0.25) is 0 Å². The lowest BCUT2D eigenvalue weighted by atomic mass is 10.0. The van der Waals surface area contributed by atoms with Crippen molar-refractivity contribution in [1.82, 2.24) is 15.3 Å². The van der Waals surface area contributed by atoms with Crippen molar-refractivity contribution in [1.29, 1.82) is 0 Å². The van der Waals surface area contributed by atoms with Crippen LogP contribution in [0.15, 0.2) is 48.8 Å². The van der Waals surface area contributed by atoms with Crippen molar-refractivity contribution in [2.45, 2.75) is 32.9 Å². The molecule has 3 aromatic rings. The SMILES string of the molecule is Cc1cccc([C@@H](CO)NC(=O)c2cc(-c3cc(NC(C)C)ncc3Cl)c[nH]2)c1. The summed E-state index contributed by atoms with van der Waals surface area (Å²) in [6, 6.07) is 11.0. The van der Waals surface area contributed by atoms with Gasteiger partial charge in [0.1, 0.15) is 11.5 Å². The molecule has 2 aromatic heterocycles. The second-order valence-electron chi connectivity index (χ2n) is 7.27. The highest BCUT2D eigenvalue weighted by Gasteiger charge is 2.17. The van der Waals surface area contributed by atoms with Gasteiger partial charge in [0.05, 0.1) is 17.7 Å². The van der Waals surface area contributed by atoms with Crippen molar-refractivity contribution in [2.75, 3.05) is 11.9 Å². The third-order valence-corrected chi connectivity index (χ3v) is 4.76. The number of H-pyrrole nitrogens is 1. The molecule has 0 aliphatic heterocycles. The highest BCUT2D eigenvalue weighted by molar-refractivity contribution is 6.33. The zero-order valence-corrected chi connectivity index (χ0v) is 17.4. The lowest BCUT2D eigenvalue weighted by molar-refractivity contribution is 0.0911. The first-order chi connectivity index (χ1) is 13.9. The van der Waals surface area contributed by atoms with Gasteiger partial charge < -0.3 is 20.7 Å². The first kappa shape index (κ1) is 20.9. The molecule has 0 aliphatic carbocycles. The zero-order chi connectivity index (χ0) is 21.0. The first-order valence-corrected chi connectivity index (χ1v) is 9.84. The molecule has 152 valence electrons. The van der Waals surface area contributed by atoms with Crippen molar-refractivity contribution >= 4 is 23.3 Å². The summed E-state index contributed by atoms with van der Waals surface area (Å²) in [5.74, 6) is 0.411. The molecule has 1 amide bonds. The van der Waals surface area contributed by atoms with Gasteiger partial charge in [-0.1, -0.05) is 41.4 Å². The fourth-order valence-corrected chi connectivity index (χ4v) is 3.29. The monoisotopic (exact) mass is 412 g/mol. The number of aromatic amines is 1. The number of aryl methyl sites for hydroxylation is 1. The number of aromatic nitrogens is 2. The van der Waals surface area contributed by atoms with E-state index in [1.54, 1.807) is 18.5 Å². The van der Waals surface area contributed by atoms with Crippen LogP contribution in [0.1, 0.15) is 41.5 Å². The Morgan fingerprint density at radius 3 is 2.76 bits per heavy atom. The summed E-state index contributed by atoms with van der Waals surface area (Å²) in [6.45, 7) is 5.84. The number of aliphatic hydroxyl groups is 1. The van der Waals surface area contributed by atoms with Gasteiger partial charge in [-0.05, 0) is 38.5 Å². The summed E-state index contributed by atoms with van der Waals surface area (Å²) in [7, 11) is 0. The van der Waals surface area contributed by atoms with Crippen LogP contribution in [0.2, 0.25) is 5.02 Å². The van der Waals surface area contributed by atoms with Gasteiger partial charge in [-0.25, -0.2) is 4.98 Å². The molecule has 0 radical (unpaired) electrons. The average molecular weight is 413 g/mol. The molecule has 2 heterocycles. The summed E-state index contributed by atoms with van der Waals surface area (Å²) in [5.41, 5.74) is 3.87. The van der Waals surface area contributed by atoms with Crippen molar-refractivity contribution in [2.24, 2.45) is 0 Å². The van der Waals surface area contributed by atoms with E-state index in [1.165, 1.54) is 0 Å². The van der Waals surface area contributed by atoms with Crippen molar-refractivity contribution in [3.05, 3.63) is 70.6 Å². The number of nitrogens with one attached hydrogen (secondary N) is 3. The predicted molar refractivity (Wildman–Crippen MR) is 116 cm³/mol. The van der Waals surface area contributed by atoms with Gasteiger partial charge in [-0.3, -0.25) is 4.79 Å². The topological polar surface area (TPSA) is 90.0 Å². The maximum absolute atomic E-state index is 12.7.